The Balaban J connectivity index is 1.69. The number of anilines is 1. The van der Waals surface area contributed by atoms with E-state index in [4.69, 9.17) is 4.74 Å². The maximum Gasteiger partial charge on any atom is 0.243 e. The number of sulfonamides is 1. The van der Waals surface area contributed by atoms with E-state index in [0.717, 1.165) is 0 Å². The van der Waals surface area contributed by atoms with Crippen molar-refractivity contribution in [3.63, 3.8) is 0 Å². The molecule has 0 spiro atoms. The van der Waals surface area contributed by atoms with E-state index in [9.17, 15) is 8.42 Å². The molecule has 146 valence electrons. The van der Waals surface area contributed by atoms with Crippen LogP contribution in [0.3, 0.4) is 0 Å². The first-order chi connectivity index (χ1) is 12.8. The second-order valence-corrected chi connectivity index (χ2v) is 9.26. The summed E-state index contributed by atoms with van der Waals surface area (Å²) in [5.74, 6) is 0.684. The van der Waals surface area contributed by atoms with Crippen molar-refractivity contribution in [2.75, 3.05) is 31.1 Å². The molecule has 0 bridgehead atoms. The molecule has 5 nitrogen and oxygen atoms in total. The number of piperazine rings is 1. The van der Waals surface area contributed by atoms with E-state index < -0.39 is 10.0 Å². The van der Waals surface area contributed by atoms with Crippen LogP contribution < -0.4 is 9.64 Å². The summed E-state index contributed by atoms with van der Waals surface area (Å²) in [7, 11) is -3.48. The molecule has 0 unspecified atom stereocenters. The van der Waals surface area contributed by atoms with Crippen molar-refractivity contribution < 1.29 is 13.2 Å². The van der Waals surface area contributed by atoms with Crippen LogP contribution in [0.1, 0.15) is 25.0 Å². The molecule has 0 aliphatic carbocycles. The Morgan fingerprint density at radius 1 is 0.926 bits per heavy atom. The van der Waals surface area contributed by atoms with Crippen molar-refractivity contribution in [3.05, 3.63) is 53.6 Å². The van der Waals surface area contributed by atoms with Gasteiger partial charge in [-0.15, -0.1) is 0 Å². The van der Waals surface area contributed by atoms with Gasteiger partial charge in [0, 0.05) is 31.9 Å². The van der Waals surface area contributed by atoms with Gasteiger partial charge in [-0.3, -0.25) is 0 Å². The highest BCUT2D eigenvalue weighted by Gasteiger charge is 2.29. The van der Waals surface area contributed by atoms with Crippen LogP contribution in [0.2, 0.25) is 0 Å². The fraction of sp³-hybridized carbons (Fsp3) is 0.429. The standard InChI is InChI=1S/C21H28N2O3S/c1-16(2)26-19-6-8-20(9-7-19)27(24,25)23-13-11-22(12-14-23)21-10-5-17(3)15-18(21)4/h5-10,15-16H,11-14H2,1-4H3. The zero-order valence-electron chi connectivity index (χ0n) is 16.5. The first kappa shape index (κ1) is 19.7. The lowest BCUT2D eigenvalue weighted by Crippen LogP contribution is -2.48. The van der Waals surface area contributed by atoms with E-state index in [1.807, 2.05) is 13.8 Å². The predicted octanol–water partition coefficient (Wildman–Crippen LogP) is 3.60. The third-order valence-electron chi connectivity index (χ3n) is 4.76. The summed E-state index contributed by atoms with van der Waals surface area (Å²) >= 11 is 0. The van der Waals surface area contributed by atoms with Crippen LogP contribution in [-0.4, -0.2) is 45.0 Å². The summed E-state index contributed by atoms with van der Waals surface area (Å²) in [6.45, 7) is 10.4. The molecular formula is C21H28N2O3S. The Morgan fingerprint density at radius 2 is 1.56 bits per heavy atom. The van der Waals surface area contributed by atoms with Gasteiger partial charge in [0.2, 0.25) is 10.0 Å². The summed E-state index contributed by atoms with van der Waals surface area (Å²) < 4.78 is 33.1. The molecule has 0 radical (unpaired) electrons. The minimum absolute atomic E-state index is 0.0609. The zero-order valence-corrected chi connectivity index (χ0v) is 17.3. The van der Waals surface area contributed by atoms with E-state index in [1.165, 1.54) is 16.8 Å². The zero-order chi connectivity index (χ0) is 19.6. The third kappa shape index (κ3) is 4.45. The number of aryl methyl sites for hydroxylation is 2. The molecule has 27 heavy (non-hydrogen) atoms. The van der Waals surface area contributed by atoms with Crippen LogP contribution in [-0.2, 0) is 10.0 Å². The number of hydrogen-bond donors (Lipinski definition) is 0. The second-order valence-electron chi connectivity index (χ2n) is 7.32. The molecule has 6 heteroatoms. The third-order valence-corrected chi connectivity index (χ3v) is 6.68. The maximum atomic E-state index is 12.9. The van der Waals surface area contributed by atoms with Crippen molar-refractivity contribution in [2.45, 2.75) is 38.7 Å². The molecule has 1 aliphatic heterocycles. The summed E-state index contributed by atoms with van der Waals surface area (Å²) in [6.07, 6.45) is 0.0609. The van der Waals surface area contributed by atoms with Gasteiger partial charge in [-0.2, -0.15) is 4.31 Å². The summed E-state index contributed by atoms with van der Waals surface area (Å²) in [5.41, 5.74) is 3.65. The van der Waals surface area contributed by atoms with Crippen molar-refractivity contribution in [3.8, 4) is 5.75 Å². The Kier molecular flexibility index (Phi) is 5.77. The molecule has 0 atom stereocenters. The molecule has 1 fully saturated rings. The molecular weight excluding hydrogens is 360 g/mol. The van der Waals surface area contributed by atoms with Crippen LogP contribution in [0.15, 0.2) is 47.4 Å². The molecule has 2 aromatic carbocycles. The summed E-state index contributed by atoms with van der Waals surface area (Å²) in [5, 5.41) is 0. The van der Waals surface area contributed by atoms with Gasteiger partial charge in [0.15, 0.2) is 0 Å². The highest BCUT2D eigenvalue weighted by molar-refractivity contribution is 7.89. The number of hydrogen-bond acceptors (Lipinski definition) is 4. The average Bonchev–Trinajstić information content (AvgIpc) is 2.62. The molecule has 0 amide bonds. The van der Waals surface area contributed by atoms with E-state index in [-0.39, 0.29) is 6.10 Å². The minimum Gasteiger partial charge on any atom is -0.491 e. The van der Waals surface area contributed by atoms with Gasteiger partial charge in [-0.1, -0.05) is 17.7 Å². The summed E-state index contributed by atoms with van der Waals surface area (Å²) in [4.78, 5) is 2.58. The molecule has 3 rings (SSSR count). The monoisotopic (exact) mass is 388 g/mol. The Labute approximate surface area is 162 Å². The maximum absolute atomic E-state index is 12.9. The van der Waals surface area contributed by atoms with Crippen molar-refractivity contribution >= 4 is 15.7 Å². The van der Waals surface area contributed by atoms with Gasteiger partial charge in [0.05, 0.1) is 11.0 Å². The van der Waals surface area contributed by atoms with E-state index in [1.54, 1.807) is 28.6 Å². The molecule has 0 N–H and O–H groups in total. The van der Waals surface area contributed by atoms with Crippen LogP contribution >= 0.6 is 0 Å². The van der Waals surface area contributed by atoms with Crippen LogP contribution in [0, 0.1) is 13.8 Å². The van der Waals surface area contributed by atoms with Gasteiger partial charge in [-0.25, -0.2) is 8.42 Å². The Morgan fingerprint density at radius 3 is 2.11 bits per heavy atom. The minimum atomic E-state index is -3.48. The number of ether oxygens (including phenoxy) is 1. The lowest BCUT2D eigenvalue weighted by molar-refractivity contribution is 0.242. The fourth-order valence-electron chi connectivity index (χ4n) is 3.44. The quantitative estimate of drug-likeness (QED) is 0.785. The predicted molar refractivity (Wildman–Crippen MR) is 109 cm³/mol. The molecule has 2 aromatic rings. The first-order valence-corrected chi connectivity index (χ1v) is 10.8. The topological polar surface area (TPSA) is 49.9 Å². The van der Waals surface area contributed by atoms with Gasteiger partial charge in [0.25, 0.3) is 0 Å². The normalized spacial score (nSPS) is 16.0. The van der Waals surface area contributed by atoms with Gasteiger partial charge < -0.3 is 9.64 Å². The van der Waals surface area contributed by atoms with Gasteiger partial charge >= 0.3 is 0 Å². The van der Waals surface area contributed by atoms with E-state index >= 15 is 0 Å². The molecule has 0 aromatic heterocycles. The lowest BCUT2D eigenvalue weighted by Gasteiger charge is -2.36. The van der Waals surface area contributed by atoms with Crippen LogP contribution in [0.25, 0.3) is 0 Å². The molecule has 1 saturated heterocycles. The van der Waals surface area contributed by atoms with Crippen LogP contribution in [0.5, 0.6) is 5.75 Å². The highest BCUT2D eigenvalue weighted by Crippen LogP contribution is 2.25. The largest absolute Gasteiger partial charge is 0.491 e. The molecule has 1 aliphatic rings. The fourth-order valence-corrected chi connectivity index (χ4v) is 4.86. The summed E-state index contributed by atoms with van der Waals surface area (Å²) in [6, 6.07) is 13.1. The Hall–Kier alpha value is -2.05. The van der Waals surface area contributed by atoms with Crippen LogP contribution in [0.4, 0.5) is 5.69 Å². The Bertz CT molecular complexity index is 884. The smallest absolute Gasteiger partial charge is 0.243 e. The van der Waals surface area contributed by atoms with Crippen molar-refractivity contribution in [1.29, 1.82) is 0 Å². The van der Waals surface area contributed by atoms with Gasteiger partial charge in [-0.05, 0) is 63.6 Å². The SMILES string of the molecule is Cc1ccc(N2CCN(S(=O)(=O)c3ccc(OC(C)C)cc3)CC2)c(C)c1. The van der Waals surface area contributed by atoms with E-state index in [0.29, 0.717) is 36.8 Å². The highest BCUT2D eigenvalue weighted by atomic mass is 32.2. The molecule has 1 heterocycles. The van der Waals surface area contributed by atoms with E-state index in [2.05, 4.69) is 36.9 Å². The van der Waals surface area contributed by atoms with Crippen molar-refractivity contribution in [2.24, 2.45) is 0 Å². The van der Waals surface area contributed by atoms with Crippen molar-refractivity contribution in [1.82, 2.24) is 4.31 Å². The number of nitrogens with zero attached hydrogens (tertiary/aromatic N) is 2. The average molecular weight is 389 g/mol. The van der Waals surface area contributed by atoms with Gasteiger partial charge in [0.1, 0.15) is 5.75 Å². The second kappa shape index (κ2) is 7.90. The molecule has 0 saturated carbocycles. The first-order valence-electron chi connectivity index (χ1n) is 9.36. The number of rotatable bonds is 5. The number of benzene rings is 2. The lowest BCUT2D eigenvalue weighted by atomic mass is 10.1.